The van der Waals surface area contributed by atoms with Crippen LogP contribution in [-0.2, 0) is 0 Å². The minimum Gasteiger partial charge on any atom is -0.497 e. The number of carbonyl (C=O) groups is 4. The van der Waals surface area contributed by atoms with E-state index in [-0.39, 0.29) is 29.8 Å². The number of nitrogens with one attached hydrogen (secondary N) is 1. The van der Waals surface area contributed by atoms with Crippen LogP contribution in [-0.4, -0.2) is 53.5 Å². The number of carbonyl (C=O) groups excluding carboxylic acids is 4. The number of unbranched alkanes of at least 4 members (excludes halogenated alkanes) is 1. The van der Waals surface area contributed by atoms with Gasteiger partial charge in [-0.3, -0.25) is 24.1 Å². The van der Waals surface area contributed by atoms with Crippen LogP contribution in [0.3, 0.4) is 0 Å². The fourth-order valence-electron chi connectivity index (χ4n) is 6.48. The second-order valence-corrected chi connectivity index (χ2v) is 11.7. The van der Waals surface area contributed by atoms with Crippen LogP contribution in [0.5, 0.6) is 5.75 Å². The van der Waals surface area contributed by atoms with Gasteiger partial charge in [-0.1, -0.05) is 24.9 Å². The number of rotatable bonds is 8. The number of anilines is 1. The van der Waals surface area contributed by atoms with Crippen LogP contribution in [0.25, 0.3) is 32.6 Å². The molecule has 0 spiro atoms. The van der Waals surface area contributed by atoms with Crippen LogP contribution >= 0.6 is 11.6 Å². The average Bonchev–Trinajstić information content (AvgIpc) is 3.03. The Hall–Kier alpha value is -4.82. The molecule has 44 heavy (non-hydrogen) atoms. The maximum absolute atomic E-state index is 13.8. The predicted molar refractivity (Wildman–Crippen MR) is 170 cm³/mol. The Balaban J connectivity index is 1.22. The zero-order valence-electron chi connectivity index (χ0n) is 24.2. The minimum absolute atomic E-state index is 0.244. The maximum Gasteiger partial charge on any atom is 0.261 e. The molecule has 8 nitrogen and oxygen atoms in total. The van der Waals surface area contributed by atoms with Crippen molar-refractivity contribution in [3.8, 4) is 5.75 Å². The third-order valence-electron chi connectivity index (χ3n) is 8.69. The summed E-state index contributed by atoms with van der Waals surface area (Å²) in [5, 5.41) is 6.54. The number of imide groups is 1. The molecule has 2 heterocycles. The van der Waals surface area contributed by atoms with Gasteiger partial charge in [0.1, 0.15) is 5.75 Å². The van der Waals surface area contributed by atoms with E-state index in [0.717, 1.165) is 28.4 Å². The fourth-order valence-corrected chi connectivity index (χ4v) is 6.64. The molecule has 5 aromatic rings. The molecule has 1 N–H and O–H groups in total. The number of pyridine rings is 1. The molecule has 0 radical (unpaired) electrons. The van der Waals surface area contributed by atoms with E-state index in [9.17, 15) is 19.2 Å². The van der Waals surface area contributed by atoms with Gasteiger partial charge in [-0.25, -0.2) is 4.98 Å². The number of methoxy groups -OCH3 is 1. The smallest absolute Gasteiger partial charge is 0.261 e. The zero-order chi connectivity index (χ0) is 30.7. The first-order valence-electron chi connectivity index (χ1n) is 14.7. The highest BCUT2D eigenvalue weighted by Gasteiger charge is 2.40. The number of hydrogen-bond acceptors (Lipinski definition) is 7. The minimum atomic E-state index is -0.909. The zero-order valence-corrected chi connectivity index (χ0v) is 25.0. The van der Waals surface area contributed by atoms with Crippen molar-refractivity contribution >= 4 is 73.2 Å². The number of fused-ring (bicyclic) bond motifs is 2. The molecule has 4 aromatic carbocycles. The Morgan fingerprint density at radius 3 is 2.14 bits per heavy atom. The first kappa shape index (κ1) is 28.0. The summed E-state index contributed by atoms with van der Waals surface area (Å²) < 4.78 is 5.45. The monoisotopic (exact) mass is 605 g/mol. The number of aromatic nitrogens is 1. The second-order valence-electron chi connectivity index (χ2n) is 11.2. The van der Waals surface area contributed by atoms with Crippen LogP contribution in [0.2, 0.25) is 5.02 Å². The maximum atomic E-state index is 13.8. The van der Waals surface area contributed by atoms with Crippen LogP contribution in [0.4, 0.5) is 5.69 Å². The van der Waals surface area contributed by atoms with Crippen molar-refractivity contribution < 1.29 is 23.9 Å². The van der Waals surface area contributed by atoms with Gasteiger partial charge < -0.3 is 10.1 Å². The lowest BCUT2D eigenvalue weighted by atomic mass is 9.76. The molecule has 0 saturated heterocycles. The highest BCUT2D eigenvalue weighted by Crippen LogP contribution is 2.40. The van der Waals surface area contributed by atoms with E-state index < -0.39 is 5.92 Å². The normalized spacial score (nSPS) is 14.8. The van der Waals surface area contributed by atoms with E-state index >= 15 is 0 Å². The molecule has 1 aliphatic heterocycles. The lowest BCUT2D eigenvalue weighted by Crippen LogP contribution is -2.41. The van der Waals surface area contributed by atoms with Gasteiger partial charge in [0.05, 0.1) is 29.7 Å². The van der Waals surface area contributed by atoms with Crippen molar-refractivity contribution in [1.29, 1.82) is 0 Å². The van der Waals surface area contributed by atoms with Gasteiger partial charge in [0.2, 0.25) is 0 Å². The van der Waals surface area contributed by atoms with Crippen LogP contribution in [0.1, 0.15) is 67.6 Å². The van der Waals surface area contributed by atoms with Crippen molar-refractivity contribution in [2.45, 2.75) is 26.2 Å². The standard InChI is InChI=1S/C35H28ClN3O5/c1-3-4-15-39-34(42)23-10-8-21-29-22(9-11-24(30(23)29)35(39)43)33(41)25(32(21)40)13-14-37-31-20-7-5-18(36)16-28(20)38-27-12-6-19(44-2)17-26(27)31/h5-12,16-17,25H,3-4,13-15H2,1-2H3,(H,37,38). The van der Waals surface area contributed by atoms with Gasteiger partial charge in [-0.15, -0.1) is 0 Å². The molecular formula is C35H28ClN3O5. The number of nitrogens with zero attached hydrogens (tertiary/aromatic N) is 2. The predicted octanol–water partition coefficient (Wildman–Crippen LogP) is 7.10. The van der Waals surface area contributed by atoms with Crippen molar-refractivity contribution in [2.75, 3.05) is 25.5 Å². The molecule has 0 unspecified atom stereocenters. The SMILES string of the molecule is CCCCN1C(=O)c2ccc3c4c(ccc(c24)C1=O)C(=O)C(CCNc1c2ccc(Cl)cc2nc2ccc(OC)cc12)C3=O. The van der Waals surface area contributed by atoms with Gasteiger partial charge in [-0.2, -0.15) is 0 Å². The molecule has 220 valence electrons. The summed E-state index contributed by atoms with van der Waals surface area (Å²) in [6, 6.07) is 17.6. The Bertz CT molecular complexity index is 2020. The Kier molecular flexibility index (Phi) is 6.81. The summed E-state index contributed by atoms with van der Waals surface area (Å²) >= 11 is 6.26. The third-order valence-corrected chi connectivity index (χ3v) is 8.92. The van der Waals surface area contributed by atoms with Gasteiger partial charge in [-0.05, 0) is 73.5 Å². The van der Waals surface area contributed by atoms with Crippen LogP contribution in [0, 0.1) is 5.92 Å². The molecule has 2 aliphatic rings. The molecule has 9 heteroatoms. The number of ether oxygens (including phenoxy) is 1. The highest BCUT2D eigenvalue weighted by molar-refractivity contribution is 6.35. The summed E-state index contributed by atoms with van der Waals surface area (Å²) in [6.45, 7) is 2.65. The van der Waals surface area contributed by atoms with Gasteiger partial charge >= 0.3 is 0 Å². The van der Waals surface area contributed by atoms with Crippen LogP contribution < -0.4 is 10.1 Å². The fraction of sp³-hybridized carbons (Fsp3) is 0.229. The summed E-state index contributed by atoms with van der Waals surface area (Å²) in [7, 11) is 1.60. The summed E-state index contributed by atoms with van der Waals surface area (Å²) in [4.78, 5) is 60.3. The highest BCUT2D eigenvalue weighted by atomic mass is 35.5. The van der Waals surface area contributed by atoms with Crippen molar-refractivity contribution in [3.05, 3.63) is 87.9 Å². The van der Waals surface area contributed by atoms with Crippen LogP contribution in [0.15, 0.2) is 60.7 Å². The Morgan fingerprint density at radius 1 is 0.818 bits per heavy atom. The van der Waals surface area contributed by atoms with Gasteiger partial charge in [0, 0.05) is 61.9 Å². The number of amides is 2. The van der Waals surface area contributed by atoms with E-state index in [2.05, 4.69) is 5.32 Å². The molecule has 0 bridgehead atoms. The van der Waals surface area contributed by atoms with Crippen molar-refractivity contribution in [1.82, 2.24) is 9.88 Å². The summed E-state index contributed by atoms with van der Waals surface area (Å²) in [6.07, 6.45) is 1.78. The summed E-state index contributed by atoms with van der Waals surface area (Å²) in [5.41, 5.74) is 3.71. The number of ketones is 2. The van der Waals surface area contributed by atoms with Gasteiger partial charge in [0.25, 0.3) is 11.8 Å². The first-order chi connectivity index (χ1) is 21.3. The quantitative estimate of drug-likeness (QED) is 0.114. The van der Waals surface area contributed by atoms with E-state index in [0.29, 0.717) is 68.8 Å². The number of hydrogen-bond donors (Lipinski definition) is 1. The number of benzene rings is 4. The molecule has 2 amide bonds. The Morgan fingerprint density at radius 2 is 1.48 bits per heavy atom. The van der Waals surface area contributed by atoms with E-state index in [1.807, 2.05) is 31.2 Å². The van der Waals surface area contributed by atoms with Gasteiger partial charge in [0.15, 0.2) is 11.6 Å². The topological polar surface area (TPSA) is 106 Å². The molecule has 1 aliphatic carbocycles. The van der Waals surface area contributed by atoms with Crippen molar-refractivity contribution in [2.24, 2.45) is 5.92 Å². The lowest BCUT2D eigenvalue weighted by molar-refractivity contribution is 0.0606. The number of Topliss-reactive ketones (excluding diaryl/α,β-unsaturated/α-hetero) is 2. The third kappa shape index (κ3) is 4.24. The second kappa shape index (κ2) is 10.7. The molecular weight excluding hydrogens is 578 g/mol. The molecule has 0 fully saturated rings. The van der Waals surface area contributed by atoms with E-state index in [1.165, 1.54) is 4.90 Å². The Labute approximate surface area is 257 Å². The van der Waals surface area contributed by atoms with E-state index in [1.54, 1.807) is 43.5 Å². The average molecular weight is 606 g/mol. The lowest BCUT2D eigenvalue weighted by Gasteiger charge is -2.30. The van der Waals surface area contributed by atoms with E-state index in [4.69, 9.17) is 21.3 Å². The molecule has 1 aromatic heterocycles. The molecule has 0 saturated carbocycles. The largest absolute Gasteiger partial charge is 0.497 e. The summed E-state index contributed by atoms with van der Waals surface area (Å²) in [5.74, 6) is -1.62. The first-order valence-corrected chi connectivity index (χ1v) is 15.1. The number of halogens is 1. The van der Waals surface area contributed by atoms with Crippen molar-refractivity contribution in [3.63, 3.8) is 0 Å². The molecule has 0 atom stereocenters. The molecule has 7 rings (SSSR count).